The topological polar surface area (TPSA) is 29.5 Å². The van der Waals surface area contributed by atoms with E-state index in [4.69, 9.17) is 4.74 Å². The number of carbonyl (C=O) groups excluding carboxylic acids is 1. The van der Waals surface area contributed by atoms with Gasteiger partial charge < -0.3 is 9.64 Å². The van der Waals surface area contributed by atoms with Crippen molar-refractivity contribution in [2.45, 2.75) is 13.0 Å². The molecule has 1 aliphatic heterocycles. The summed E-state index contributed by atoms with van der Waals surface area (Å²) in [5, 5.41) is 0. The molecule has 140 valence electrons. The Labute approximate surface area is 165 Å². The number of benzene rings is 3. The molecule has 1 heterocycles. The van der Waals surface area contributed by atoms with Crippen molar-refractivity contribution in [3.8, 4) is 5.75 Å². The molecular weight excluding hydrogens is 346 g/mol. The Hall–Kier alpha value is -3.33. The molecule has 4 rings (SSSR count). The van der Waals surface area contributed by atoms with Gasteiger partial charge in [-0.25, -0.2) is 0 Å². The fraction of sp³-hybridized carbons (Fsp3) is 0.160. The van der Waals surface area contributed by atoms with E-state index in [1.165, 1.54) is 11.1 Å². The lowest BCUT2D eigenvalue weighted by atomic mass is 9.97. The number of fused-ring (bicyclic) bond motifs is 1. The van der Waals surface area contributed by atoms with E-state index in [0.717, 1.165) is 29.8 Å². The van der Waals surface area contributed by atoms with E-state index < -0.39 is 0 Å². The van der Waals surface area contributed by atoms with Gasteiger partial charge in [-0.1, -0.05) is 66.7 Å². The van der Waals surface area contributed by atoms with E-state index in [1.807, 2.05) is 71.6 Å². The van der Waals surface area contributed by atoms with Gasteiger partial charge in [0.05, 0.1) is 7.11 Å². The lowest BCUT2D eigenvalue weighted by Crippen LogP contribution is -2.36. The highest BCUT2D eigenvalue weighted by atomic mass is 16.5. The maximum atomic E-state index is 13.5. The smallest absolute Gasteiger partial charge is 0.254 e. The lowest BCUT2D eigenvalue weighted by molar-refractivity contribution is -0.125. The zero-order valence-electron chi connectivity index (χ0n) is 16.0. The van der Waals surface area contributed by atoms with Gasteiger partial charge in [-0.05, 0) is 46.9 Å². The number of rotatable bonds is 4. The summed E-state index contributed by atoms with van der Waals surface area (Å²) in [4.78, 5) is 15.4. The van der Waals surface area contributed by atoms with Crippen LogP contribution in [0.5, 0.6) is 5.75 Å². The molecule has 0 aliphatic carbocycles. The van der Waals surface area contributed by atoms with Crippen LogP contribution in [0.15, 0.2) is 78.9 Å². The van der Waals surface area contributed by atoms with Crippen molar-refractivity contribution < 1.29 is 9.53 Å². The quantitative estimate of drug-likeness (QED) is 0.487. The first-order chi connectivity index (χ1) is 13.7. The second kappa shape index (κ2) is 8.13. The minimum atomic E-state index is 0.0662. The highest BCUT2D eigenvalue weighted by Gasteiger charge is 2.24. The third kappa shape index (κ3) is 3.84. The number of hydrogen-bond donors (Lipinski definition) is 0. The maximum Gasteiger partial charge on any atom is 0.254 e. The average Bonchev–Trinajstić information content (AvgIpc) is 2.77. The zero-order valence-corrected chi connectivity index (χ0v) is 16.0. The first-order valence-electron chi connectivity index (χ1n) is 9.52. The van der Waals surface area contributed by atoms with Gasteiger partial charge in [0, 0.05) is 18.7 Å². The number of carbonyl (C=O) groups is 1. The first kappa shape index (κ1) is 18.1. The second-order valence-electron chi connectivity index (χ2n) is 6.94. The van der Waals surface area contributed by atoms with Gasteiger partial charge >= 0.3 is 0 Å². The predicted octanol–water partition coefficient (Wildman–Crippen LogP) is 4.82. The van der Waals surface area contributed by atoms with Crippen molar-refractivity contribution >= 4 is 17.6 Å². The Morgan fingerprint density at radius 3 is 2.29 bits per heavy atom. The molecule has 0 unspecified atom stereocenters. The molecule has 3 nitrogen and oxygen atoms in total. The molecule has 0 saturated heterocycles. The lowest BCUT2D eigenvalue weighted by Gasteiger charge is -2.29. The number of methoxy groups -OCH3 is 1. The summed E-state index contributed by atoms with van der Waals surface area (Å²) < 4.78 is 5.24. The number of hydrogen-bond acceptors (Lipinski definition) is 2. The Kier molecular flexibility index (Phi) is 5.24. The van der Waals surface area contributed by atoms with Crippen LogP contribution >= 0.6 is 0 Å². The minimum Gasteiger partial charge on any atom is -0.497 e. The van der Waals surface area contributed by atoms with Crippen molar-refractivity contribution in [2.75, 3.05) is 13.7 Å². The van der Waals surface area contributed by atoms with E-state index in [9.17, 15) is 4.79 Å². The van der Waals surface area contributed by atoms with Crippen molar-refractivity contribution in [3.63, 3.8) is 0 Å². The molecule has 0 saturated carbocycles. The van der Waals surface area contributed by atoms with Gasteiger partial charge in [0.15, 0.2) is 0 Å². The highest BCUT2D eigenvalue weighted by molar-refractivity contribution is 6.24. The van der Waals surface area contributed by atoms with E-state index >= 15 is 0 Å². The third-order valence-electron chi connectivity index (χ3n) is 5.16. The summed E-state index contributed by atoms with van der Waals surface area (Å²) in [5.74, 6) is 0.869. The van der Waals surface area contributed by atoms with Crippen molar-refractivity contribution in [1.29, 1.82) is 0 Å². The van der Waals surface area contributed by atoms with Crippen molar-refractivity contribution in [2.24, 2.45) is 0 Å². The van der Waals surface area contributed by atoms with Crippen LogP contribution < -0.4 is 4.74 Å². The average molecular weight is 369 g/mol. The van der Waals surface area contributed by atoms with E-state index in [0.29, 0.717) is 12.1 Å². The Morgan fingerprint density at radius 2 is 1.57 bits per heavy atom. The van der Waals surface area contributed by atoms with E-state index in [1.54, 1.807) is 7.11 Å². The fourth-order valence-electron chi connectivity index (χ4n) is 3.59. The molecule has 0 fully saturated rings. The summed E-state index contributed by atoms with van der Waals surface area (Å²) in [5.41, 5.74) is 5.20. The summed E-state index contributed by atoms with van der Waals surface area (Å²) in [6.45, 7) is 1.39. The number of ether oxygens (including phenoxy) is 1. The summed E-state index contributed by atoms with van der Waals surface area (Å²) >= 11 is 0. The van der Waals surface area contributed by atoms with Crippen molar-refractivity contribution in [3.05, 3.63) is 101 Å². The molecule has 3 heteroatoms. The molecule has 0 spiro atoms. The van der Waals surface area contributed by atoms with Crippen LogP contribution in [0.3, 0.4) is 0 Å². The van der Waals surface area contributed by atoms with Crippen LogP contribution in [0, 0.1) is 0 Å². The van der Waals surface area contributed by atoms with Gasteiger partial charge in [-0.2, -0.15) is 0 Å². The SMILES string of the molecule is COc1ccc(/C=C(\C(=O)N2CCc3ccccc3C2)c2ccccc2)cc1. The second-order valence-corrected chi connectivity index (χ2v) is 6.94. The molecule has 1 amide bonds. The predicted molar refractivity (Wildman–Crippen MR) is 113 cm³/mol. The maximum absolute atomic E-state index is 13.5. The van der Waals surface area contributed by atoms with Crippen molar-refractivity contribution in [1.82, 2.24) is 4.90 Å². The highest BCUT2D eigenvalue weighted by Crippen LogP contribution is 2.26. The van der Waals surface area contributed by atoms with Gasteiger partial charge in [0.25, 0.3) is 5.91 Å². The van der Waals surface area contributed by atoms with E-state index in [2.05, 4.69) is 18.2 Å². The molecular formula is C25H23NO2. The molecule has 3 aromatic rings. The first-order valence-corrected chi connectivity index (χ1v) is 9.52. The van der Waals surface area contributed by atoms with Crippen LogP contribution in [0.25, 0.3) is 11.6 Å². The molecule has 1 aliphatic rings. The standard InChI is InChI=1S/C25H23NO2/c1-28-23-13-11-19(12-14-23)17-24(21-8-3-2-4-9-21)25(27)26-16-15-20-7-5-6-10-22(20)18-26/h2-14,17H,15-16,18H2,1H3/b24-17-. The molecule has 28 heavy (non-hydrogen) atoms. The van der Waals surface area contributed by atoms with Crippen LogP contribution in [0.2, 0.25) is 0 Å². The molecule has 0 aromatic heterocycles. The third-order valence-corrected chi connectivity index (χ3v) is 5.16. The normalized spacial score (nSPS) is 13.8. The fourth-order valence-corrected chi connectivity index (χ4v) is 3.59. The minimum absolute atomic E-state index is 0.0662. The van der Waals surface area contributed by atoms with Gasteiger partial charge in [0.2, 0.25) is 0 Å². The van der Waals surface area contributed by atoms with E-state index in [-0.39, 0.29) is 5.91 Å². The van der Waals surface area contributed by atoms with Crippen LogP contribution in [0.4, 0.5) is 0 Å². The molecule has 0 bridgehead atoms. The number of amides is 1. The Morgan fingerprint density at radius 1 is 0.893 bits per heavy atom. The van der Waals surface area contributed by atoms with Gasteiger partial charge in [-0.15, -0.1) is 0 Å². The molecule has 3 aromatic carbocycles. The number of nitrogens with zero attached hydrogens (tertiary/aromatic N) is 1. The van der Waals surface area contributed by atoms with Gasteiger partial charge in [-0.3, -0.25) is 4.79 Å². The molecule has 0 atom stereocenters. The molecule has 0 N–H and O–H groups in total. The Balaban J connectivity index is 1.67. The summed E-state index contributed by atoms with van der Waals surface area (Å²) in [6.07, 6.45) is 2.87. The van der Waals surface area contributed by atoms with Gasteiger partial charge in [0.1, 0.15) is 5.75 Å². The van der Waals surface area contributed by atoms with Crippen LogP contribution in [-0.2, 0) is 17.8 Å². The monoisotopic (exact) mass is 369 g/mol. The Bertz CT molecular complexity index is 991. The largest absolute Gasteiger partial charge is 0.497 e. The summed E-state index contributed by atoms with van der Waals surface area (Å²) in [6, 6.07) is 26.0. The summed E-state index contributed by atoms with van der Waals surface area (Å²) in [7, 11) is 1.65. The van der Waals surface area contributed by atoms with Crippen LogP contribution in [0.1, 0.15) is 22.3 Å². The zero-order chi connectivity index (χ0) is 19.3. The molecule has 0 radical (unpaired) electrons. The van der Waals surface area contributed by atoms with Crippen LogP contribution in [-0.4, -0.2) is 24.5 Å².